The van der Waals surface area contributed by atoms with Crippen molar-refractivity contribution in [3.8, 4) is 0 Å². The summed E-state index contributed by atoms with van der Waals surface area (Å²) in [5, 5.41) is 6.65. The van der Waals surface area contributed by atoms with Gasteiger partial charge in [-0.25, -0.2) is 4.39 Å². The molecule has 0 fully saturated rings. The molecule has 2 aromatic rings. The molecular weight excluding hydrogens is 361 g/mol. The fourth-order valence-corrected chi connectivity index (χ4v) is 3.30. The molecule has 2 N–H and O–H groups in total. The summed E-state index contributed by atoms with van der Waals surface area (Å²) in [4.78, 5) is 4.29. The third kappa shape index (κ3) is 6.88. The van der Waals surface area contributed by atoms with Gasteiger partial charge in [-0.2, -0.15) is 11.8 Å². The Balaban J connectivity index is 1.96. The van der Waals surface area contributed by atoms with Gasteiger partial charge in [0.15, 0.2) is 5.96 Å². The molecule has 27 heavy (non-hydrogen) atoms. The van der Waals surface area contributed by atoms with E-state index in [0.717, 1.165) is 16.9 Å². The Bertz CT molecular complexity index is 752. The number of guanidine groups is 1. The van der Waals surface area contributed by atoms with E-state index in [-0.39, 0.29) is 5.82 Å². The zero-order valence-electron chi connectivity index (χ0n) is 16.2. The molecule has 0 aliphatic rings. The predicted molar refractivity (Wildman–Crippen MR) is 112 cm³/mol. The molecule has 6 heteroatoms. The number of halogens is 1. The molecule has 0 aliphatic heterocycles. The molecule has 0 unspecified atom stereocenters. The molecule has 0 saturated heterocycles. The second kappa shape index (κ2) is 11.6. The van der Waals surface area contributed by atoms with Crippen molar-refractivity contribution in [1.82, 2.24) is 10.6 Å². The molecule has 0 aliphatic carbocycles. The Morgan fingerprint density at radius 1 is 1.04 bits per heavy atom. The first-order valence-electron chi connectivity index (χ1n) is 9.03. The molecule has 0 bridgehead atoms. The van der Waals surface area contributed by atoms with Gasteiger partial charge in [-0.05, 0) is 47.6 Å². The summed E-state index contributed by atoms with van der Waals surface area (Å²) in [6.07, 6.45) is 2.02. The topological polar surface area (TPSA) is 45.6 Å². The van der Waals surface area contributed by atoms with Gasteiger partial charge >= 0.3 is 0 Å². The van der Waals surface area contributed by atoms with Crippen LogP contribution in [-0.2, 0) is 30.2 Å². The molecule has 0 atom stereocenters. The van der Waals surface area contributed by atoms with Gasteiger partial charge in [0.25, 0.3) is 0 Å². The van der Waals surface area contributed by atoms with E-state index >= 15 is 0 Å². The zero-order chi connectivity index (χ0) is 19.5. The summed E-state index contributed by atoms with van der Waals surface area (Å²) in [6, 6.07) is 13.1. The van der Waals surface area contributed by atoms with Crippen molar-refractivity contribution < 1.29 is 9.13 Å². The number of benzene rings is 2. The number of rotatable bonds is 9. The van der Waals surface area contributed by atoms with Crippen LogP contribution in [0.2, 0.25) is 0 Å². The van der Waals surface area contributed by atoms with Gasteiger partial charge in [0.05, 0.1) is 6.61 Å². The SMILES string of the molecule is CCOCc1ccccc1CNC(=NC)NCc1ccc(F)cc1CSC. The Kier molecular flexibility index (Phi) is 9.15. The van der Waals surface area contributed by atoms with Gasteiger partial charge in [-0.1, -0.05) is 30.3 Å². The van der Waals surface area contributed by atoms with Crippen LogP contribution in [0.4, 0.5) is 4.39 Å². The first kappa shape index (κ1) is 21.3. The highest BCUT2D eigenvalue weighted by molar-refractivity contribution is 7.97. The molecule has 2 rings (SSSR count). The van der Waals surface area contributed by atoms with Crippen LogP contribution in [0.25, 0.3) is 0 Å². The summed E-state index contributed by atoms with van der Waals surface area (Å²) in [7, 11) is 1.74. The lowest BCUT2D eigenvalue weighted by Crippen LogP contribution is -2.36. The van der Waals surface area contributed by atoms with Crippen molar-refractivity contribution in [3.63, 3.8) is 0 Å². The first-order valence-corrected chi connectivity index (χ1v) is 10.4. The van der Waals surface area contributed by atoms with E-state index in [4.69, 9.17) is 4.74 Å². The lowest BCUT2D eigenvalue weighted by Gasteiger charge is -2.15. The molecule has 2 aromatic carbocycles. The summed E-state index contributed by atoms with van der Waals surface area (Å²) in [5.74, 6) is 1.29. The maximum absolute atomic E-state index is 13.5. The van der Waals surface area contributed by atoms with E-state index in [1.165, 1.54) is 17.2 Å². The second-order valence-corrected chi connectivity index (χ2v) is 6.90. The maximum Gasteiger partial charge on any atom is 0.191 e. The summed E-state index contributed by atoms with van der Waals surface area (Å²) < 4.78 is 19.0. The highest BCUT2D eigenvalue weighted by Gasteiger charge is 2.07. The highest BCUT2D eigenvalue weighted by atomic mass is 32.2. The molecular formula is C21H28FN3OS. The molecule has 0 radical (unpaired) electrons. The summed E-state index contributed by atoms with van der Waals surface area (Å²) >= 11 is 1.68. The maximum atomic E-state index is 13.5. The van der Waals surface area contributed by atoms with Crippen molar-refractivity contribution in [2.24, 2.45) is 4.99 Å². The molecule has 0 spiro atoms. The lowest BCUT2D eigenvalue weighted by atomic mass is 10.1. The predicted octanol–water partition coefficient (Wildman–Crippen LogP) is 4.09. The smallest absolute Gasteiger partial charge is 0.191 e. The molecule has 0 heterocycles. The molecule has 0 amide bonds. The Morgan fingerprint density at radius 3 is 2.33 bits per heavy atom. The fraction of sp³-hybridized carbons (Fsp3) is 0.381. The van der Waals surface area contributed by atoms with Crippen molar-refractivity contribution in [3.05, 3.63) is 70.5 Å². The molecule has 0 saturated carbocycles. The largest absolute Gasteiger partial charge is 0.377 e. The van der Waals surface area contributed by atoms with Crippen LogP contribution in [-0.4, -0.2) is 25.9 Å². The number of nitrogens with one attached hydrogen (secondary N) is 2. The van der Waals surface area contributed by atoms with Gasteiger partial charge in [-0.15, -0.1) is 0 Å². The summed E-state index contributed by atoms with van der Waals surface area (Å²) in [6.45, 7) is 4.54. The molecule has 146 valence electrons. The van der Waals surface area contributed by atoms with E-state index < -0.39 is 0 Å². The average Bonchev–Trinajstić information content (AvgIpc) is 2.68. The minimum absolute atomic E-state index is 0.198. The standard InChI is InChI=1S/C21H28FN3OS/c1-4-26-14-18-8-6-5-7-16(18)12-24-21(23-2)25-13-17-9-10-20(22)11-19(17)15-27-3/h5-11H,4,12-15H2,1-3H3,(H2,23,24,25). The van der Waals surface area contributed by atoms with Gasteiger partial charge in [0, 0.05) is 32.5 Å². The van der Waals surface area contributed by atoms with Crippen molar-refractivity contribution in [2.45, 2.75) is 32.4 Å². The highest BCUT2D eigenvalue weighted by Crippen LogP contribution is 2.16. The van der Waals surface area contributed by atoms with Crippen LogP contribution >= 0.6 is 11.8 Å². The molecule has 0 aromatic heterocycles. The number of nitrogens with zero attached hydrogens (tertiary/aromatic N) is 1. The third-order valence-electron chi connectivity index (χ3n) is 4.16. The number of ether oxygens (including phenoxy) is 1. The van der Waals surface area contributed by atoms with Crippen LogP contribution in [0.5, 0.6) is 0 Å². The van der Waals surface area contributed by atoms with Crippen LogP contribution in [0.15, 0.2) is 47.5 Å². The van der Waals surface area contributed by atoms with Crippen LogP contribution in [0.3, 0.4) is 0 Å². The monoisotopic (exact) mass is 389 g/mol. The Morgan fingerprint density at radius 2 is 1.70 bits per heavy atom. The van der Waals surface area contributed by atoms with Crippen LogP contribution < -0.4 is 10.6 Å². The van der Waals surface area contributed by atoms with Gasteiger partial charge < -0.3 is 15.4 Å². The Hall–Kier alpha value is -2.05. The number of hydrogen-bond donors (Lipinski definition) is 2. The third-order valence-corrected chi connectivity index (χ3v) is 4.76. The quantitative estimate of drug-likeness (QED) is 0.501. The molecule has 4 nitrogen and oxygen atoms in total. The zero-order valence-corrected chi connectivity index (χ0v) is 17.0. The van der Waals surface area contributed by atoms with E-state index in [9.17, 15) is 4.39 Å². The second-order valence-electron chi connectivity index (χ2n) is 6.03. The van der Waals surface area contributed by atoms with Crippen molar-refractivity contribution in [2.75, 3.05) is 19.9 Å². The minimum atomic E-state index is -0.198. The number of hydrogen-bond acceptors (Lipinski definition) is 3. The number of thioether (sulfide) groups is 1. The van der Waals surface area contributed by atoms with E-state index in [1.807, 2.05) is 31.4 Å². The van der Waals surface area contributed by atoms with Crippen molar-refractivity contribution in [1.29, 1.82) is 0 Å². The Labute approximate surface area is 165 Å². The lowest BCUT2D eigenvalue weighted by molar-refractivity contribution is 0.133. The van der Waals surface area contributed by atoms with E-state index in [0.29, 0.717) is 32.3 Å². The van der Waals surface area contributed by atoms with Crippen LogP contribution in [0, 0.1) is 5.82 Å². The average molecular weight is 390 g/mol. The number of aliphatic imine (C=N–C) groups is 1. The van der Waals surface area contributed by atoms with Gasteiger partial charge in [0.2, 0.25) is 0 Å². The van der Waals surface area contributed by atoms with Gasteiger partial charge in [0.1, 0.15) is 5.82 Å². The fourth-order valence-electron chi connectivity index (χ4n) is 2.72. The van der Waals surface area contributed by atoms with E-state index in [1.54, 1.807) is 24.9 Å². The minimum Gasteiger partial charge on any atom is -0.377 e. The first-order chi connectivity index (χ1) is 13.2. The van der Waals surface area contributed by atoms with Gasteiger partial charge in [-0.3, -0.25) is 4.99 Å². The van der Waals surface area contributed by atoms with E-state index in [2.05, 4.69) is 27.8 Å². The summed E-state index contributed by atoms with van der Waals surface area (Å²) in [5.41, 5.74) is 4.43. The van der Waals surface area contributed by atoms with Crippen LogP contribution in [0.1, 0.15) is 29.2 Å². The van der Waals surface area contributed by atoms with Crippen molar-refractivity contribution >= 4 is 17.7 Å². The normalized spacial score (nSPS) is 11.5.